The number of hydrogen-bond acceptors (Lipinski definition) is 3. The van der Waals surface area contributed by atoms with Gasteiger partial charge in [-0.3, -0.25) is 0 Å². The molecule has 0 aromatic heterocycles. The second kappa shape index (κ2) is 7.07. The lowest BCUT2D eigenvalue weighted by molar-refractivity contribution is 0.319. The smallest absolute Gasteiger partial charge is 0.161 e. The van der Waals surface area contributed by atoms with E-state index in [0.29, 0.717) is 12.6 Å². The molecule has 0 saturated heterocycles. The predicted molar refractivity (Wildman–Crippen MR) is 75.3 cm³/mol. The van der Waals surface area contributed by atoms with Crippen molar-refractivity contribution < 1.29 is 9.47 Å². The molecule has 0 unspecified atom stereocenters. The Morgan fingerprint density at radius 1 is 1.33 bits per heavy atom. The molecule has 18 heavy (non-hydrogen) atoms. The summed E-state index contributed by atoms with van der Waals surface area (Å²) in [6, 6.07) is 6.45. The first kappa shape index (κ1) is 14.6. The van der Waals surface area contributed by atoms with E-state index in [1.807, 2.05) is 25.1 Å². The molecule has 0 spiro atoms. The van der Waals surface area contributed by atoms with Gasteiger partial charge in [0, 0.05) is 12.6 Å². The van der Waals surface area contributed by atoms with Gasteiger partial charge in [-0.05, 0) is 30.2 Å². The van der Waals surface area contributed by atoms with Crippen LogP contribution in [0.4, 0.5) is 0 Å². The number of hydrogen-bond donors (Lipinski definition) is 1. The van der Waals surface area contributed by atoms with Crippen molar-refractivity contribution in [3.05, 3.63) is 35.9 Å². The molecule has 1 aromatic rings. The first-order valence-corrected chi connectivity index (χ1v) is 6.20. The van der Waals surface area contributed by atoms with Crippen LogP contribution in [0.25, 0.3) is 0 Å². The Bertz CT molecular complexity index is 399. The van der Waals surface area contributed by atoms with Crippen molar-refractivity contribution in [1.82, 2.24) is 5.32 Å². The Labute approximate surface area is 110 Å². The molecule has 0 radical (unpaired) electrons. The Kier molecular flexibility index (Phi) is 5.72. The summed E-state index contributed by atoms with van der Waals surface area (Å²) >= 11 is 0. The molecule has 1 rings (SSSR count). The van der Waals surface area contributed by atoms with Crippen LogP contribution in [0.3, 0.4) is 0 Å². The number of benzene rings is 1. The third-order valence-electron chi connectivity index (χ3n) is 2.42. The highest BCUT2D eigenvalue weighted by Gasteiger charge is 2.06. The summed E-state index contributed by atoms with van der Waals surface area (Å²) in [5.74, 6) is 1.52. The molecule has 0 fully saturated rings. The minimum atomic E-state index is 0.465. The van der Waals surface area contributed by atoms with Crippen molar-refractivity contribution in [3.8, 4) is 11.5 Å². The van der Waals surface area contributed by atoms with Crippen LogP contribution in [-0.4, -0.2) is 19.8 Å². The lowest BCUT2D eigenvalue weighted by Gasteiger charge is -2.13. The molecule has 0 aliphatic heterocycles. The van der Waals surface area contributed by atoms with Gasteiger partial charge in [-0.25, -0.2) is 0 Å². The van der Waals surface area contributed by atoms with Crippen LogP contribution < -0.4 is 14.8 Å². The maximum absolute atomic E-state index is 5.68. The van der Waals surface area contributed by atoms with Crippen molar-refractivity contribution >= 4 is 0 Å². The maximum Gasteiger partial charge on any atom is 0.161 e. The summed E-state index contributed by atoms with van der Waals surface area (Å²) in [6.07, 6.45) is 0. The molecule has 0 bridgehead atoms. The van der Waals surface area contributed by atoms with E-state index in [1.165, 1.54) is 5.56 Å². The van der Waals surface area contributed by atoms with Gasteiger partial charge in [0.05, 0.1) is 7.11 Å². The summed E-state index contributed by atoms with van der Waals surface area (Å²) in [6.45, 7) is 11.4. The van der Waals surface area contributed by atoms with Gasteiger partial charge in [0.2, 0.25) is 0 Å². The van der Waals surface area contributed by atoms with Gasteiger partial charge in [0.1, 0.15) is 6.61 Å². The zero-order valence-electron chi connectivity index (χ0n) is 11.7. The van der Waals surface area contributed by atoms with Crippen molar-refractivity contribution in [1.29, 1.82) is 0 Å². The number of rotatable bonds is 7. The van der Waals surface area contributed by atoms with E-state index in [1.54, 1.807) is 7.11 Å². The van der Waals surface area contributed by atoms with Crippen molar-refractivity contribution in [2.24, 2.45) is 0 Å². The fourth-order valence-electron chi connectivity index (χ4n) is 1.47. The van der Waals surface area contributed by atoms with Crippen LogP contribution >= 0.6 is 0 Å². The highest BCUT2D eigenvalue weighted by molar-refractivity contribution is 5.43. The minimum absolute atomic E-state index is 0.465. The van der Waals surface area contributed by atoms with Gasteiger partial charge in [-0.15, -0.1) is 0 Å². The highest BCUT2D eigenvalue weighted by atomic mass is 16.5. The topological polar surface area (TPSA) is 30.5 Å². The van der Waals surface area contributed by atoms with Gasteiger partial charge in [-0.1, -0.05) is 26.5 Å². The quantitative estimate of drug-likeness (QED) is 0.753. The SMILES string of the molecule is C=C(C)COc1cc(CNC(C)C)ccc1OC. The maximum atomic E-state index is 5.68. The molecule has 0 saturated carbocycles. The minimum Gasteiger partial charge on any atom is -0.493 e. The van der Waals surface area contributed by atoms with Gasteiger partial charge in [0.25, 0.3) is 0 Å². The molecular formula is C15H23NO2. The summed E-state index contributed by atoms with van der Waals surface area (Å²) < 4.78 is 11.0. The fourth-order valence-corrected chi connectivity index (χ4v) is 1.47. The summed E-state index contributed by atoms with van der Waals surface area (Å²) in [5.41, 5.74) is 2.17. The molecule has 3 nitrogen and oxygen atoms in total. The van der Waals surface area contributed by atoms with E-state index in [9.17, 15) is 0 Å². The molecule has 0 heterocycles. The third kappa shape index (κ3) is 4.80. The predicted octanol–water partition coefficient (Wildman–Crippen LogP) is 3.15. The van der Waals surface area contributed by atoms with Crippen LogP contribution in [0.15, 0.2) is 30.4 Å². The van der Waals surface area contributed by atoms with Crippen LogP contribution in [0, 0.1) is 0 Å². The fraction of sp³-hybridized carbons (Fsp3) is 0.467. The van der Waals surface area contributed by atoms with Crippen molar-refractivity contribution in [2.75, 3.05) is 13.7 Å². The molecule has 0 aliphatic rings. The molecular weight excluding hydrogens is 226 g/mol. The van der Waals surface area contributed by atoms with Gasteiger partial charge in [0.15, 0.2) is 11.5 Å². The van der Waals surface area contributed by atoms with Crippen molar-refractivity contribution in [3.63, 3.8) is 0 Å². The van der Waals surface area contributed by atoms with Crippen LogP contribution in [0.2, 0.25) is 0 Å². The Hall–Kier alpha value is -1.48. The molecule has 0 atom stereocenters. The van der Waals surface area contributed by atoms with Crippen molar-refractivity contribution in [2.45, 2.75) is 33.4 Å². The van der Waals surface area contributed by atoms with Crippen LogP contribution in [0.5, 0.6) is 11.5 Å². The van der Waals surface area contributed by atoms with E-state index in [0.717, 1.165) is 23.6 Å². The zero-order chi connectivity index (χ0) is 13.5. The molecule has 100 valence electrons. The average Bonchev–Trinajstić information content (AvgIpc) is 2.33. The third-order valence-corrected chi connectivity index (χ3v) is 2.42. The molecule has 1 N–H and O–H groups in total. The molecule has 0 amide bonds. The average molecular weight is 249 g/mol. The second-order valence-electron chi connectivity index (χ2n) is 4.77. The lowest BCUT2D eigenvalue weighted by Crippen LogP contribution is -2.21. The second-order valence-corrected chi connectivity index (χ2v) is 4.77. The van der Waals surface area contributed by atoms with Crippen LogP contribution in [-0.2, 0) is 6.54 Å². The number of ether oxygens (including phenoxy) is 2. The van der Waals surface area contributed by atoms with E-state index in [-0.39, 0.29) is 0 Å². The number of methoxy groups -OCH3 is 1. The van der Waals surface area contributed by atoms with E-state index in [4.69, 9.17) is 9.47 Å². The Morgan fingerprint density at radius 2 is 2.06 bits per heavy atom. The Balaban J connectivity index is 2.77. The summed E-state index contributed by atoms with van der Waals surface area (Å²) in [4.78, 5) is 0. The monoisotopic (exact) mass is 249 g/mol. The zero-order valence-corrected chi connectivity index (χ0v) is 11.7. The Morgan fingerprint density at radius 3 is 2.61 bits per heavy atom. The van der Waals surface area contributed by atoms with E-state index < -0.39 is 0 Å². The van der Waals surface area contributed by atoms with Crippen LogP contribution in [0.1, 0.15) is 26.3 Å². The van der Waals surface area contributed by atoms with E-state index >= 15 is 0 Å². The number of nitrogens with one attached hydrogen (secondary N) is 1. The standard InChI is InChI=1S/C15H23NO2/c1-11(2)10-18-15-8-13(9-16-12(3)4)6-7-14(15)17-5/h6-8,12,16H,1,9-10H2,2-5H3. The van der Waals surface area contributed by atoms with Gasteiger partial charge >= 0.3 is 0 Å². The summed E-state index contributed by atoms with van der Waals surface area (Å²) in [5, 5.41) is 3.38. The largest absolute Gasteiger partial charge is 0.493 e. The first-order valence-electron chi connectivity index (χ1n) is 6.20. The summed E-state index contributed by atoms with van der Waals surface area (Å²) in [7, 11) is 1.65. The molecule has 0 aliphatic carbocycles. The lowest BCUT2D eigenvalue weighted by atomic mass is 10.2. The highest BCUT2D eigenvalue weighted by Crippen LogP contribution is 2.28. The molecule has 3 heteroatoms. The van der Waals surface area contributed by atoms with E-state index in [2.05, 4.69) is 25.7 Å². The van der Waals surface area contributed by atoms with Gasteiger partial charge in [-0.2, -0.15) is 0 Å². The van der Waals surface area contributed by atoms with Gasteiger partial charge < -0.3 is 14.8 Å². The normalized spacial score (nSPS) is 10.5. The molecule has 1 aromatic carbocycles. The first-order chi connectivity index (χ1) is 8.52.